The third-order valence-electron chi connectivity index (χ3n) is 1.10. The standard InChI is InChI=1S/C8H14O2/c1-7(2)8(9)5-4-6-10-3/h7-9H,6H2,1-3H3. The summed E-state index contributed by atoms with van der Waals surface area (Å²) in [5, 5.41) is 9.12. The van der Waals surface area contributed by atoms with Crippen molar-refractivity contribution >= 4 is 0 Å². The molecule has 1 atom stereocenters. The van der Waals surface area contributed by atoms with Crippen LogP contribution >= 0.6 is 0 Å². The normalized spacial score (nSPS) is 12.5. The van der Waals surface area contributed by atoms with E-state index in [1.165, 1.54) is 0 Å². The molecule has 0 saturated carbocycles. The highest BCUT2D eigenvalue weighted by Gasteiger charge is 2.02. The van der Waals surface area contributed by atoms with Gasteiger partial charge in [-0.1, -0.05) is 25.7 Å². The Balaban J connectivity index is 3.57. The van der Waals surface area contributed by atoms with Crippen LogP contribution in [0.25, 0.3) is 0 Å². The first-order valence-electron chi connectivity index (χ1n) is 3.34. The molecule has 0 radical (unpaired) electrons. The van der Waals surface area contributed by atoms with Crippen LogP contribution in [0.2, 0.25) is 0 Å². The molecule has 0 saturated heterocycles. The molecule has 0 bridgehead atoms. The number of ether oxygens (including phenoxy) is 1. The number of hydrogen-bond acceptors (Lipinski definition) is 2. The Labute approximate surface area is 62.2 Å². The van der Waals surface area contributed by atoms with E-state index in [0.29, 0.717) is 6.61 Å². The van der Waals surface area contributed by atoms with E-state index in [1.807, 2.05) is 13.8 Å². The highest BCUT2D eigenvalue weighted by molar-refractivity contribution is 5.05. The fourth-order valence-corrected chi connectivity index (χ4v) is 0.385. The highest BCUT2D eigenvalue weighted by Crippen LogP contribution is 1.97. The zero-order valence-corrected chi connectivity index (χ0v) is 6.72. The second-order valence-electron chi connectivity index (χ2n) is 2.44. The molecule has 0 aromatic rings. The SMILES string of the molecule is COCC#CC(O)C(C)C. The van der Waals surface area contributed by atoms with E-state index in [-0.39, 0.29) is 5.92 Å². The number of methoxy groups -OCH3 is 1. The van der Waals surface area contributed by atoms with Gasteiger partial charge in [-0.2, -0.15) is 0 Å². The lowest BCUT2D eigenvalue weighted by Crippen LogP contribution is -2.11. The molecule has 58 valence electrons. The maximum absolute atomic E-state index is 9.12. The minimum absolute atomic E-state index is 0.198. The van der Waals surface area contributed by atoms with Crippen molar-refractivity contribution < 1.29 is 9.84 Å². The van der Waals surface area contributed by atoms with Crippen molar-refractivity contribution in [1.82, 2.24) is 0 Å². The summed E-state index contributed by atoms with van der Waals surface area (Å²) in [6.07, 6.45) is -0.518. The van der Waals surface area contributed by atoms with E-state index in [1.54, 1.807) is 7.11 Å². The van der Waals surface area contributed by atoms with Crippen molar-refractivity contribution in [3.63, 3.8) is 0 Å². The molecule has 0 fully saturated rings. The largest absolute Gasteiger partial charge is 0.380 e. The third kappa shape index (κ3) is 4.37. The summed E-state index contributed by atoms with van der Waals surface area (Å²) in [4.78, 5) is 0. The van der Waals surface area contributed by atoms with Crippen LogP contribution in [-0.2, 0) is 4.74 Å². The van der Waals surface area contributed by atoms with Gasteiger partial charge >= 0.3 is 0 Å². The van der Waals surface area contributed by atoms with Crippen molar-refractivity contribution in [2.45, 2.75) is 20.0 Å². The molecule has 0 heterocycles. The molecule has 1 N–H and O–H groups in total. The number of hydrogen-bond donors (Lipinski definition) is 1. The van der Waals surface area contributed by atoms with Gasteiger partial charge in [0.2, 0.25) is 0 Å². The van der Waals surface area contributed by atoms with E-state index in [9.17, 15) is 0 Å². The van der Waals surface area contributed by atoms with Crippen molar-refractivity contribution in [2.24, 2.45) is 5.92 Å². The summed E-state index contributed by atoms with van der Waals surface area (Å²) in [6, 6.07) is 0. The summed E-state index contributed by atoms with van der Waals surface area (Å²) in [5.41, 5.74) is 0. The molecule has 0 rings (SSSR count). The Morgan fingerprint density at radius 2 is 2.10 bits per heavy atom. The average molecular weight is 142 g/mol. The number of aliphatic hydroxyl groups is 1. The zero-order chi connectivity index (χ0) is 7.98. The van der Waals surface area contributed by atoms with Crippen LogP contribution in [0.1, 0.15) is 13.8 Å². The molecule has 0 aliphatic rings. The van der Waals surface area contributed by atoms with E-state index in [4.69, 9.17) is 5.11 Å². The zero-order valence-electron chi connectivity index (χ0n) is 6.72. The van der Waals surface area contributed by atoms with Crippen molar-refractivity contribution in [3.05, 3.63) is 0 Å². The van der Waals surface area contributed by atoms with Gasteiger partial charge in [-0.3, -0.25) is 0 Å². The highest BCUT2D eigenvalue weighted by atomic mass is 16.5. The molecule has 2 nitrogen and oxygen atoms in total. The van der Waals surface area contributed by atoms with Gasteiger partial charge in [0.05, 0.1) is 0 Å². The Morgan fingerprint density at radius 3 is 2.50 bits per heavy atom. The summed E-state index contributed by atoms with van der Waals surface area (Å²) in [5.74, 6) is 5.56. The second kappa shape index (κ2) is 5.28. The molecule has 0 aromatic carbocycles. The van der Waals surface area contributed by atoms with E-state index in [0.717, 1.165) is 0 Å². The van der Waals surface area contributed by atoms with Crippen molar-refractivity contribution in [1.29, 1.82) is 0 Å². The number of aliphatic hydroxyl groups excluding tert-OH is 1. The van der Waals surface area contributed by atoms with E-state index in [2.05, 4.69) is 16.6 Å². The van der Waals surface area contributed by atoms with Gasteiger partial charge in [-0.15, -0.1) is 0 Å². The van der Waals surface area contributed by atoms with Gasteiger partial charge in [0, 0.05) is 7.11 Å². The molecule has 0 aromatic heterocycles. The first-order valence-corrected chi connectivity index (χ1v) is 3.34. The van der Waals surface area contributed by atoms with Crippen LogP contribution in [0, 0.1) is 17.8 Å². The summed E-state index contributed by atoms with van der Waals surface area (Å²) in [7, 11) is 1.58. The molecule has 0 aliphatic carbocycles. The Morgan fingerprint density at radius 1 is 1.50 bits per heavy atom. The van der Waals surface area contributed by atoms with Gasteiger partial charge in [0.15, 0.2) is 0 Å². The Kier molecular flexibility index (Phi) is 5.00. The predicted octanol–water partition coefficient (Wildman–Crippen LogP) is 0.653. The fraction of sp³-hybridized carbons (Fsp3) is 0.750. The lowest BCUT2D eigenvalue weighted by molar-refractivity contribution is 0.180. The van der Waals surface area contributed by atoms with Crippen LogP contribution in [0.15, 0.2) is 0 Å². The summed E-state index contributed by atoms with van der Waals surface area (Å²) >= 11 is 0. The van der Waals surface area contributed by atoms with Crippen LogP contribution in [0.5, 0.6) is 0 Å². The molecular formula is C8H14O2. The third-order valence-corrected chi connectivity index (χ3v) is 1.10. The summed E-state index contributed by atoms with van der Waals surface area (Å²) < 4.78 is 4.69. The molecule has 0 amide bonds. The van der Waals surface area contributed by atoms with E-state index < -0.39 is 6.10 Å². The second-order valence-corrected chi connectivity index (χ2v) is 2.44. The van der Waals surface area contributed by atoms with Gasteiger partial charge in [-0.25, -0.2) is 0 Å². The van der Waals surface area contributed by atoms with Crippen molar-refractivity contribution in [3.8, 4) is 11.8 Å². The smallest absolute Gasteiger partial charge is 0.117 e. The lowest BCUT2D eigenvalue weighted by Gasteiger charge is -2.04. The molecule has 2 heteroatoms. The lowest BCUT2D eigenvalue weighted by atomic mass is 10.1. The van der Waals surface area contributed by atoms with Gasteiger partial charge in [-0.05, 0) is 5.92 Å². The summed E-state index contributed by atoms with van der Waals surface area (Å²) in [6.45, 7) is 4.24. The van der Waals surface area contributed by atoms with Crippen LogP contribution in [0.4, 0.5) is 0 Å². The molecular weight excluding hydrogens is 128 g/mol. The Hall–Kier alpha value is -0.520. The first-order chi connectivity index (χ1) is 4.68. The van der Waals surface area contributed by atoms with Crippen LogP contribution < -0.4 is 0 Å². The number of rotatable bonds is 2. The van der Waals surface area contributed by atoms with Gasteiger partial charge < -0.3 is 9.84 Å². The van der Waals surface area contributed by atoms with Gasteiger partial charge in [0.25, 0.3) is 0 Å². The maximum Gasteiger partial charge on any atom is 0.117 e. The fourth-order valence-electron chi connectivity index (χ4n) is 0.385. The Bertz CT molecular complexity index is 130. The predicted molar refractivity (Wildman–Crippen MR) is 40.5 cm³/mol. The van der Waals surface area contributed by atoms with Crippen LogP contribution in [0.3, 0.4) is 0 Å². The van der Waals surface area contributed by atoms with Crippen LogP contribution in [-0.4, -0.2) is 24.9 Å². The minimum Gasteiger partial charge on any atom is -0.380 e. The average Bonchev–Trinajstić information content (AvgIpc) is 1.88. The monoisotopic (exact) mass is 142 g/mol. The quantitative estimate of drug-likeness (QED) is 0.574. The topological polar surface area (TPSA) is 29.5 Å². The first kappa shape index (κ1) is 9.48. The molecule has 1 unspecified atom stereocenters. The molecule has 0 aliphatic heterocycles. The molecule has 0 spiro atoms. The van der Waals surface area contributed by atoms with Crippen molar-refractivity contribution in [2.75, 3.05) is 13.7 Å². The van der Waals surface area contributed by atoms with E-state index >= 15 is 0 Å². The molecule has 10 heavy (non-hydrogen) atoms. The van der Waals surface area contributed by atoms with Gasteiger partial charge in [0.1, 0.15) is 12.7 Å². The minimum atomic E-state index is -0.518. The maximum atomic E-state index is 9.12.